The van der Waals surface area contributed by atoms with Gasteiger partial charge in [0.2, 0.25) is 0 Å². The molecule has 1 aliphatic heterocycles. The maximum atomic E-state index is 11.8. The summed E-state index contributed by atoms with van der Waals surface area (Å²) in [7, 11) is 0. The zero-order valence-electron chi connectivity index (χ0n) is 8.31. The molecule has 0 radical (unpaired) electrons. The molecule has 1 rings (SSSR count). The predicted octanol–water partition coefficient (Wildman–Crippen LogP) is 1.74. The molecule has 70 valence electrons. The van der Waals surface area contributed by atoms with Gasteiger partial charge in [-0.05, 0) is 25.8 Å². The Kier molecular flexibility index (Phi) is 2.89. The van der Waals surface area contributed by atoms with Crippen LogP contribution in [0.15, 0.2) is 0 Å². The lowest BCUT2D eigenvalue weighted by atomic mass is 9.84. The summed E-state index contributed by atoms with van der Waals surface area (Å²) in [6.07, 6.45) is 3.11. The number of hydrogen-bond donors (Lipinski definition) is 1. The molecule has 0 bridgehead atoms. The largest absolute Gasteiger partial charge is 0.305 e. The Balaban J connectivity index is 2.72. The van der Waals surface area contributed by atoms with Gasteiger partial charge in [0.15, 0.2) is 5.78 Å². The van der Waals surface area contributed by atoms with E-state index < -0.39 is 0 Å². The maximum Gasteiger partial charge on any atom is 0.155 e. The van der Waals surface area contributed by atoms with E-state index in [-0.39, 0.29) is 11.5 Å². The highest BCUT2D eigenvalue weighted by molar-refractivity contribution is 5.90. The fraction of sp³-hybridized carbons (Fsp3) is 0.900. The average Bonchev–Trinajstić information content (AvgIpc) is 2.52. The summed E-state index contributed by atoms with van der Waals surface area (Å²) in [5.74, 6) is 0.554. The fourth-order valence-electron chi connectivity index (χ4n) is 2.05. The number of Topliss-reactive ketones (excluding diaryl/α,β-unsaturated/α-hetero) is 1. The van der Waals surface area contributed by atoms with Gasteiger partial charge in [-0.2, -0.15) is 0 Å². The van der Waals surface area contributed by atoms with Gasteiger partial charge in [-0.3, -0.25) is 4.79 Å². The molecule has 2 heteroatoms. The van der Waals surface area contributed by atoms with Crippen molar-refractivity contribution in [2.45, 2.75) is 45.6 Å². The number of carbonyl (C=O) groups excluding carboxylic acids is 1. The summed E-state index contributed by atoms with van der Waals surface area (Å²) in [5, 5.41) is 3.35. The third-order valence-electron chi connectivity index (χ3n) is 2.84. The van der Waals surface area contributed by atoms with Crippen LogP contribution in [0.5, 0.6) is 0 Å². The van der Waals surface area contributed by atoms with Crippen molar-refractivity contribution in [1.82, 2.24) is 5.32 Å². The highest BCUT2D eigenvalue weighted by Crippen LogP contribution is 2.26. The third kappa shape index (κ3) is 1.53. The van der Waals surface area contributed by atoms with E-state index in [4.69, 9.17) is 0 Å². The van der Waals surface area contributed by atoms with Crippen LogP contribution in [0.4, 0.5) is 0 Å². The molecule has 1 heterocycles. The first-order chi connectivity index (χ1) is 5.62. The van der Waals surface area contributed by atoms with Crippen molar-refractivity contribution < 1.29 is 4.79 Å². The summed E-state index contributed by atoms with van der Waals surface area (Å²) in [5.41, 5.74) is -0.172. The molecule has 0 aromatic rings. The van der Waals surface area contributed by atoms with Crippen LogP contribution in [-0.2, 0) is 4.79 Å². The van der Waals surface area contributed by atoms with Crippen molar-refractivity contribution in [3.8, 4) is 0 Å². The molecule has 0 amide bonds. The Morgan fingerprint density at radius 2 is 2.25 bits per heavy atom. The lowest BCUT2D eigenvalue weighted by Gasteiger charge is -2.28. The van der Waals surface area contributed by atoms with Crippen LogP contribution in [0.25, 0.3) is 0 Å². The van der Waals surface area contributed by atoms with Crippen molar-refractivity contribution in [2.75, 3.05) is 6.54 Å². The molecule has 12 heavy (non-hydrogen) atoms. The maximum absolute atomic E-state index is 11.8. The van der Waals surface area contributed by atoms with Gasteiger partial charge in [-0.25, -0.2) is 0 Å². The van der Waals surface area contributed by atoms with Gasteiger partial charge in [-0.1, -0.05) is 20.8 Å². The molecule has 1 unspecified atom stereocenters. The minimum absolute atomic E-state index is 0.163. The second-order valence-electron chi connectivity index (χ2n) is 3.98. The second-order valence-corrected chi connectivity index (χ2v) is 3.98. The topological polar surface area (TPSA) is 29.1 Å². The Hall–Kier alpha value is -0.370. The lowest BCUT2D eigenvalue weighted by molar-refractivity contribution is -0.128. The normalized spacial score (nSPS) is 29.7. The summed E-state index contributed by atoms with van der Waals surface area (Å²) < 4.78 is 0. The smallest absolute Gasteiger partial charge is 0.155 e. The van der Waals surface area contributed by atoms with Gasteiger partial charge in [0.05, 0.1) is 5.54 Å². The van der Waals surface area contributed by atoms with E-state index in [1.165, 1.54) is 0 Å². The van der Waals surface area contributed by atoms with E-state index >= 15 is 0 Å². The van der Waals surface area contributed by atoms with Gasteiger partial charge in [0, 0.05) is 5.92 Å². The highest BCUT2D eigenvalue weighted by atomic mass is 16.1. The van der Waals surface area contributed by atoms with E-state index in [1.807, 2.05) is 13.8 Å². The molecule has 0 spiro atoms. The van der Waals surface area contributed by atoms with E-state index in [1.54, 1.807) is 0 Å². The summed E-state index contributed by atoms with van der Waals surface area (Å²) in [6, 6.07) is 0. The minimum Gasteiger partial charge on any atom is -0.305 e. The molecule has 2 nitrogen and oxygen atoms in total. The van der Waals surface area contributed by atoms with Gasteiger partial charge < -0.3 is 5.32 Å². The highest BCUT2D eigenvalue weighted by Gasteiger charge is 2.39. The summed E-state index contributed by atoms with van der Waals surface area (Å²) in [6.45, 7) is 7.07. The Bertz CT molecular complexity index is 169. The van der Waals surface area contributed by atoms with E-state index in [9.17, 15) is 4.79 Å². The number of nitrogens with one attached hydrogen (secondary N) is 1. The molecule has 0 aliphatic carbocycles. The molecular formula is C10H19NO. The van der Waals surface area contributed by atoms with Crippen molar-refractivity contribution >= 4 is 5.78 Å². The fourth-order valence-corrected chi connectivity index (χ4v) is 2.05. The number of ketones is 1. The molecule has 1 aliphatic rings. The van der Waals surface area contributed by atoms with E-state index in [0.717, 1.165) is 25.8 Å². The second kappa shape index (κ2) is 3.56. The van der Waals surface area contributed by atoms with Crippen molar-refractivity contribution in [3.05, 3.63) is 0 Å². The van der Waals surface area contributed by atoms with E-state index in [2.05, 4.69) is 12.2 Å². The van der Waals surface area contributed by atoms with Crippen LogP contribution < -0.4 is 5.32 Å². The first kappa shape index (κ1) is 9.72. The van der Waals surface area contributed by atoms with Gasteiger partial charge in [0.25, 0.3) is 0 Å². The number of carbonyl (C=O) groups is 1. The first-order valence-electron chi connectivity index (χ1n) is 4.92. The van der Waals surface area contributed by atoms with Crippen LogP contribution in [-0.4, -0.2) is 17.9 Å². The molecule has 1 saturated heterocycles. The zero-order chi connectivity index (χ0) is 9.19. The predicted molar refractivity (Wildman–Crippen MR) is 50.1 cm³/mol. The van der Waals surface area contributed by atoms with Crippen LogP contribution in [0, 0.1) is 5.92 Å². The van der Waals surface area contributed by atoms with Gasteiger partial charge >= 0.3 is 0 Å². The molecule has 1 atom stereocenters. The third-order valence-corrected chi connectivity index (χ3v) is 2.84. The quantitative estimate of drug-likeness (QED) is 0.697. The first-order valence-corrected chi connectivity index (χ1v) is 4.92. The Labute approximate surface area is 74.7 Å². The van der Waals surface area contributed by atoms with Crippen LogP contribution in [0.2, 0.25) is 0 Å². The zero-order valence-corrected chi connectivity index (χ0v) is 8.31. The summed E-state index contributed by atoms with van der Waals surface area (Å²) in [4.78, 5) is 11.8. The van der Waals surface area contributed by atoms with Gasteiger partial charge in [0.1, 0.15) is 0 Å². The van der Waals surface area contributed by atoms with Crippen molar-refractivity contribution in [1.29, 1.82) is 0 Å². The standard InChI is InChI=1S/C10H19NO/c1-4-10(6-5-7-11-10)9(12)8(2)3/h8,11H,4-7H2,1-3H3. The van der Waals surface area contributed by atoms with Crippen LogP contribution >= 0.6 is 0 Å². The van der Waals surface area contributed by atoms with Crippen molar-refractivity contribution in [2.24, 2.45) is 5.92 Å². The molecule has 0 saturated carbocycles. The lowest BCUT2D eigenvalue weighted by Crippen LogP contribution is -2.48. The molecular weight excluding hydrogens is 150 g/mol. The van der Waals surface area contributed by atoms with Crippen LogP contribution in [0.1, 0.15) is 40.0 Å². The SMILES string of the molecule is CCC1(C(=O)C(C)C)CCCN1. The van der Waals surface area contributed by atoms with Crippen molar-refractivity contribution in [3.63, 3.8) is 0 Å². The monoisotopic (exact) mass is 169 g/mol. The molecule has 1 N–H and O–H groups in total. The molecule has 1 fully saturated rings. The molecule has 0 aromatic carbocycles. The van der Waals surface area contributed by atoms with Crippen LogP contribution in [0.3, 0.4) is 0 Å². The minimum atomic E-state index is -0.172. The number of rotatable bonds is 3. The Morgan fingerprint density at radius 3 is 2.58 bits per heavy atom. The molecule has 0 aromatic heterocycles. The van der Waals surface area contributed by atoms with E-state index in [0.29, 0.717) is 5.78 Å². The summed E-state index contributed by atoms with van der Waals surface area (Å²) >= 11 is 0. The van der Waals surface area contributed by atoms with Gasteiger partial charge in [-0.15, -0.1) is 0 Å². The average molecular weight is 169 g/mol. The Morgan fingerprint density at radius 1 is 1.58 bits per heavy atom. The number of hydrogen-bond acceptors (Lipinski definition) is 2.